The lowest BCUT2D eigenvalue weighted by atomic mass is 10.2. The monoisotopic (exact) mass is 344 g/mol. The van der Waals surface area contributed by atoms with Gasteiger partial charge in [-0.15, -0.1) is 0 Å². The lowest BCUT2D eigenvalue weighted by Gasteiger charge is -2.06. The van der Waals surface area contributed by atoms with E-state index in [4.69, 9.17) is 14.0 Å². The maximum atomic E-state index is 11.9. The van der Waals surface area contributed by atoms with Crippen molar-refractivity contribution in [3.8, 4) is 0 Å². The fourth-order valence-electron chi connectivity index (χ4n) is 2.02. The Kier molecular flexibility index (Phi) is 10.1. The first kappa shape index (κ1) is 20.1. The fourth-order valence-corrected chi connectivity index (χ4v) is 2.96. The summed E-state index contributed by atoms with van der Waals surface area (Å²) in [6, 6.07) is 6.65. The molecule has 0 aliphatic rings. The summed E-state index contributed by atoms with van der Waals surface area (Å²) in [5.41, 5.74) is 1.01. The minimum Gasteiger partial charge on any atom is -0.396 e. The zero-order valence-corrected chi connectivity index (χ0v) is 14.7. The molecule has 1 rings (SSSR count). The molecule has 0 aliphatic heterocycles. The highest BCUT2D eigenvalue weighted by atomic mass is 32.2. The van der Waals surface area contributed by atoms with Gasteiger partial charge in [0.2, 0.25) is 0 Å². The molecule has 0 aromatic heterocycles. The second-order valence-corrected chi connectivity index (χ2v) is 7.16. The minimum atomic E-state index is -3.64. The van der Waals surface area contributed by atoms with E-state index in [-0.39, 0.29) is 18.1 Å². The summed E-state index contributed by atoms with van der Waals surface area (Å²) >= 11 is 0. The standard InChI is InChI=1S/C17H28O5S/c1-16-8-10-17(11-9-16)23(19,20)22-15-7-3-6-14-21-13-5-2-4-12-18/h8-11,18H,2-7,12-15H2,1H3. The number of ether oxygens (including phenoxy) is 1. The summed E-state index contributed by atoms with van der Waals surface area (Å²) in [4.78, 5) is 0.203. The average molecular weight is 344 g/mol. The van der Waals surface area contributed by atoms with Crippen LogP contribution in [0.5, 0.6) is 0 Å². The van der Waals surface area contributed by atoms with Crippen molar-refractivity contribution in [2.45, 2.75) is 50.3 Å². The zero-order chi connectivity index (χ0) is 17.0. The van der Waals surface area contributed by atoms with Gasteiger partial charge in [-0.05, 0) is 57.6 Å². The van der Waals surface area contributed by atoms with Gasteiger partial charge in [-0.1, -0.05) is 17.7 Å². The van der Waals surface area contributed by atoms with Gasteiger partial charge >= 0.3 is 0 Å². The number of aliphatic hydroxyl groups excluding tert-OH is 1. The van der Waals surface area contributed by atoms with E-state index >= 15 is 0 Å². The Balaban J connectivity index is 2.05. The van der Waals surface area contributed by atoms with Crippen LogP contribution in [0.3, 0.4) is 0 Å². The van der Waals surface area contributed by atoms with Gasteiger partial charge in [-0.25, -0.2) is 0 Å². The van der Waals surface area contributed by atoms with E-state index in [1.165, 1.54) is 0 Å². The molecule has 0 radical (unpaired) electrons. The topological polar surface area (TPSA) is 72.8 Å². The van der Waals surface area contributed by atoms with Gasteiger partial charge in [-0.3, -0.25) is 4.18 Å². The molecule has 0 spiro atoms. The molecule has 23 heavy (non-hydrogen) atoms. The van der Waals surface area contributed by atoms with E-state index in [9.17, 15) is 8.42 Å². The Morgan fingerprint density at radius 2 is 1.43 bits per heavy atom. The largest absolute Gasteiger partial charge is 0.396 e. The first-order valence-corrected chi connectivity index (χ1v) is 9.62. The van der Waals surface area contributed by atoms with Crippen molar-refractivity contribution in [1.29, 1.82) is 0 Å². The molecule has 1 N–H and O–H groups in total. The Morgan fingerprint density at radius 3 is 2.04 bits per heavy atom. The summed E-state index contributed by atoms with van der Waals surface area (Å²) in [5.74, 6) is 0. The molecule has 0 atom stereocenters. The van der Waals surface area contributed by atoms with Crippen LogP contribution in [0.25, 0.3) is 0 Å². The van der Waals surface area contributed by atoms with Crippen molar-refractivity contribution in [3.63, 3.8) is 0 Å². The molecule has 0 bridgehead atoms. The number of unbranched alkanes of at least 4 members (excludes halogenated alkanes) is 4. The molecule has 0 aliphatic carbocycles. The van der Waals surface area contributed by atoms with Crippen LogP contribution >= 0.6 is 0 Å². The van der Waals surface area contributed by atoms with Crippen LogP contribution in [0.15, 0.2) is 29.2 Å². The summed E-state index contributed by atoms with van der Waals surface area (Å²) in [6.45, 7) is 3.76. The van der Waals surface area contributed by atoms with Crippen LogP contribution in [0.1, 0.15) is 44.1 Å². The van der Waals surface area contributed by atoms with Crippen LogP contribution in [0, 0.1) is 6.92 Å². The molecule has 0 amide bonds. The minimum absolute atomic E-state index is 0.201. The smallest absolute Gasteiger partial charge is 0.296 e. The highest BCUT2D eigenvalue weighted by Gasteiger charge is 2.14. The van der Waals surface area contributed by atoms with Crippen LogP contribution < -0.4 is 0 Å². The molecule has 0 saturated carbocycles. The van der Waals surface area contributed by atoms with E-state index < -0.39 is 10.1 Å². The van der Waals surface area contributed by atoms with Crippen molar-refractivity contribution < 1.29 is 22.4 Å². The van der Waals surface area contributed by atoms with Gasteiger partial charge in [0.1, 0.15) is 0 Å². The van der Waals surface area contributed by atoms with Crippen LogP contribution in [-0.4, -0.2) is 40.0 Å². The highest BCUT2D eigenvalue weighted by molar-refractivity contribution is 7.86. The van der Waals surface area contributed by atoms with Gasteiger partial charge in [-0.2, -0.15) is 8.42 Å². The molecular formula is C17H28O5S. The first-order valence-electron chi connectivity index (χ1n) is 8.21. The quantitative estimate of drug-likeness (QED) is 0.440. The summed E-state index contributed by atoms with van der Waals surface area (Å²) in [6.07, 6.45) is 5.25. The predicted molar refractivity (Wildman–Crippen MR) is 89.9 cm³/mol. The van der Waals surface area contributed by atoms with E-state index in [0.717, 1.165) is 44.3 Å². The Hall–Kier alpha value is -0.950. The normalized spacial score (nSPS) is 11.7. The molecular weight excluding hydrogens is 316 g/mol. The van der Waals surface area contributed by atoms with E-state index in [1.54, 1.807) is 24.3 Å². The number of hydrogen-bond donors (Lipinski definition) is 1. The fraction of sp³-hybridized carbons (Fsp3) is 0.647. The first-order chi connectivity index (χ1) is 11.1. The third-order valence-corrected chi connectivity index (χ3v) is 4.75. The van der Waals surface area contributed by atoms with Crippen molar-refractivity contribution in [2.24, 2.45) is 0 Å². The number of benzene rings is 1. The predicted octanol–water partition coefficient (Wildman–Crippen LogP) is 3.05. The lowest BCUT2D eigenvalue weighted by Crippen LogP contribution is -2.08. The van der Waals surface area contributed by atoms with Crippen molar-refractivity contribution >= 4 is 10.1 Å². The third kappa shape index (κ3) is 9.05. The number of rotatable bonds is 13. The van der Waals surface area contributed by atoms with Crippen LogP contribution in [-0.2, 0) is 19.0 Å². The van der Waals surface area contributed by atoms with E-state index in [0.29, 0.717) is 13.0 Å². The molecule has 0 unspecified atom stereocenters. The second-order valence-electron chi connectivity index (χ2n) is 5.55. The van der Waals surface area contributed by atoms with Gasteiger partial charge in [0, 0.05) is 19.8 Å². The van der Waals surface area contributed by atoms with Gasteiger partial charge in [0.15, 0.2) is 0 Å². The molecule has 0 saturated heterocycles. The van der Waals surface area contributed by atoms with Crippen LogP contribution in [0.2, 0.25) is 0 Å². The maximum absolute atomic E-state index is 11.9. The molecule has 1 aromatic rings. The molecule has 0 heterocycles. The number of hydrogen-bond acceptors (Lipinski definition) is 5. The SMILES string of the molecule is Cc1ccc(S(=O)(=O)OCCCCCOCCCCCO)cc1. The second kappa shape index (κ2) is 11.6. The van der Waals surface area contributed by atoms with Crippen molar-refractivity contribution in [1.82, 2.24) is 0 Å². The zero-order valence-electron chi connectivity index (χ0n) is 13.9. The highest BCUT2D eigenvalue weighted by Crippen LogP contribution is 2.13. The molecule has 1 aromatic carbocycles. The summed E-state index contributed by atoms with van der Waals surface area (Å²) in [7, 11) is -3.64. The van der Waals surface area contributed by atoms with Gasteiger partial charge < -0.3 is 9.84 Å². The van der Waals surface area contributed by atoms with E-state index in [1.807, 2.05) is 6.92 Å². The molecule has 0 fully saturated rings. The van der Waals surface area contributed by atoms with Gasteiger partial charge in [0.05, 0.1) is 11.5 Å². The Bertz CT molecular complexity index is 510. The molecule has 5 nitrogen and oxygen atoms in total. The van der Waals surface area contributed by atoms with Gasteiger partial charge in [0.25, 0.3) is 10.1 Å². The van der Waals surface area contributed by atoms with Crippen molar-refractivity contribution in [2.75, 3.05) is 26.4 Å². The molecule has 132 valence electrons. The molecule has 6 heteroatoms. The Morgan fingerprint density at radius 1 is 0.870 bits per heavy atom. The van der Waals surface area contributed by atoms with Crippen molar-refractivity contribution in [3.05, 3.63) is 29.8 Å². The van der Waals surface area contributed by atoms with Crippen LogP contribution in [0.4, 0.5) is 0 Å². The number of aliphatic hydroxyl groups is 1. The number of aryl methyl sites for hydroxylation is 1. The average Bonchev–Trinajstić information content (AvgIpc) is 2.53. The summed E-state index contributed by atoms with van der Waals surface area (Å²) in [5, 5.41) is 8.64. The maximum Gasteiger partial charge on any atom is 0.296 e. The Labute approximate surface area is 139 Å². The summed E-state index contributed by atoms with van der Waals surface area (Å²) < 4.78 is 34.4. The third-order valence-electron chi connectivity index (χ3n) is 3.43. The van der Waals surface area contributed by atoms with E-state index in [2.05, 4.69) is 0 Å². The lowest BCUT2D eigenvalue weighted by molar-refractivity contribution is 0.123.